The van der Waals surface area contributed by atoms with Crippen molar-refractivity contribution in [1.82, 2.24) is 4.57 Å². The van der Waals surface area contributed by atoms with Gasteiger partial charge in [-0.25, -0.2) is 0 Å². The molecule has 0 spiro atoms. The standard InChI is InChI=1S/C14H20N2/c1-10(15)8-9-12-11(2)16(3)14-7-5-4-6-13(12)14/h4-7,10H,8-9,15H2,1-3H3/t10-/m1/s1. The van der Waals surface area contributed by atoms with Crippen molar-refractivity contribution in [3.05, 3.63) is 35.5 Å². The molecule has 16 heavy (non-hydrogen) atoms. The second kappa shape index (κ2) is 4.30. The Kier molecular flexibility index (Phi) is 3.01. The zero-order valence-corrected chi connectivity index (χ0v) is 10.3. The molecule has 0 aliphatic carbocycles. The lowest BCUT2D eigenvalue weighted by atomic mass is 10.0. The predicted octanol–water partition coefficient (Wildman–Crippen LogP) is 2.77. The van der Waals surface area contributed by atoms with Gasteiger partial charge in [-0.05, 0) is 38.3 Å². The average molecular weight is 216 g/mol. The van der Waals surface area contributed by atoms with E-state index in [0.717, 1.165) is 12.8 Å². The summed E-state index contributed by atoms with van der Waals surface area (Å²) in [5.41, 5.74) is 9.97. The van der Waals surface area contributed by atoms with Gasteiger partial charge in [0.25, 0.3) is 0 Å². The molecule has 0 aliphatic rings. The zero-order valence-electron chi connectivity index (χ0n) is 10.3. The molecule has 2 aromatic rings. The summed E-state index contributed by atoms with van der Waals surface area (Å²) in [5, 5.41) is 1.38. The van der Waals surface area contributed by atoms with Crippen LogP contribution < -0.4 is 5.73 Å². The van der Waals surface area contributed by atoms with Gasteiger partial charge < -0.3 is 10.3 Å². The SMILES string of the molecule is Cc1c(CC[C@@H](C)N)c2ccccc2n1C. The molecule has 0 unspecified atom stereocenters. The molecule has 0 aliphatic heterocycles. The van der Waals surface area contributed by atoms with E-state index >= 15 is 0 Å². The van der Waals surface area contributed by atoms with Gasteiger partial charge in [0.15, 0.2) is 0 Å². The number of fused-ring (bicyclic) bond motifs is 1. The van der Waals surface area contributed by atoms with Crippen LogP contribution in [0.1, 0.15) is 24.6 Å². The smallest absolute Gasteiger partial charge is 0.0482 e. The molecule has 1 aromatic heterocycles. The predicted molar refractivity (Wildman–Crippen MR) is 69.6 cm³/mol. The number of aromatic nitrogens is 1. The van der Waals surface area contributed by atoms with Crippen molar-refractivity contribution in [2.24, 2.45) is 12.8 Å². The van der Waals surface area contributed by atoms with Crippen LogP contribution in [0.25, 0.3) is 10.9 Å². The number of aryl methyl sites for hydroxylation is 2. The Morgan fingerprint density at radius 2 is 2.00 bits per heavy atom. The van der Waals surface area contributed by atoms with E-state index in [1.807, 2.05) is 0 Å². The molecule has 0 fully saturated rings. The van der Waals surface area contributed by atoms with Crippen LogP contribution in [0.2, 0.25) is 0 Å². The second-order valence-electron chi connectivity index (χ2n) is 4.66. The number of para-hydroxylation sites is 1. The average Bonchev–Trinajstić information content (AvgIpc) is 2.50. The Labute approximate surface area is 97.1 Å². The van der Waals surface area contributed by atoms with Crippen molar-refractivity contribution in [2.45, 2.75) is 32.7 Å². The molecule has 0 bridgehead atoms. The number of rotatable bonds is 3. The highest BCUT2D eigenvalue weighted by atomic mass is 14.9. The van der Waals surface area contributed by atoms with E-state index in [0.29, 0.717) is 0 Å². The molecule has 0 saturated carbocycles. The van der Waals surface area contributed by atoms with Gasteiger partial charge in [0.2, 0.25) is 0 Å². The summed E-state index contributed by atoms with van der Waals surface area (Å²) >= 11 is 0. The van der Waals surface area contributed by atoms with Gasteiger partial charge in [0.05, 0.1) is 0 Å². The van der Waals surface area contributed by atoms with Crippen molar-refractivity contribution in [2.75, 3.05) is 0 Å². The van der Waals surface area contributed by atoms with Crippen LogP contribution in [0.4, 0.5) is 0 Å². The molecule has 1 aromatic carbocycles. The molecular formula is C14H20N2. The van der Waals surface area contributed by atoms with Crippen LogP contribution in [0, 0.1) is 6.92 Å². The highest BCUT2D eigenvalue weighted by Gasteiger charge is 2.11. The molecule has 0 radical (unpaired) electrons. The minimum absolute atomic E-state index is 0.276. The Morgan fingerprint density at radius 1 is 1.31 bits per heavy atom. The number of benzene rings is 1. The summed E-state index contributed by atoms with van der Waals surface area (Å²) in [6.45, 7) is 4.26. The van der Waals surface area contributed by atoms with Crippen LogP contribution in [0.15, 0.2) is 24.3 Å². The van der Waals surface area contributed by atoms with Gasteiger partial charge in [-0.2, -0.15) is 0 Å². The van der Waals surface area contributed by atoms with Crippen molar-refractivity contribution >= 4 is 10.9 Å². The van der Waals surface area contributed by atoms with Crippen LogP contribution in [-0.4, -0.2) is 10.6 Å². The second-order valence-corrected chi connectivity index (χ2v) is 4.66. The van der Waals surface area contributed by atoms with Gasteiger partial charge in [-0.3, -0.25) is 0 Å². The van der Waals surface area contributed by atoms with Gasteiger partial charge in [0, 0.05) is 29.7 Å². The third kappa shape index (κ3) is 1.85. The molecule has 0 amide bonds. The maximum atomic E-state index is 5.83. The van der Waals surface area contributed by atoms with E-state index < -0.39 is 0 Å². The summed E-state index contributed by atoms with van der Waals surface area (Å²) in [7, 11) is 2.13. The molecule has 2 nitrogen and oxygen atoms in total. The van der Waals surface area contributed by atoms with E-state index in [1.54, 1.807) is 0 Å². The van der Waals surface area contributed by atoms with Crippen LogP contribution >= 0.6 is 0 Å². The first-order chi connectivity index (χ1) is 7.61. The number of hydrogen-bond acceptors (Lipinski definition) is 1. The van der Waals surface area contributed by atoms with Gasteiger partial charge in [-0.1, -0.05) is 18.2 Å². The maximum Gasteiger partial charge on any atom is 0.0482 e. The van der Waals surface area contributed by atoms with Crippen LogP contribution in [-0.2, 0) is 13.5 Å². The van der Waals surface area contributed by atoms with Crippen molar-refractivity contribution in [3.63, 3.8) is 0 Å². The lowest BCUT2D eigenvalue weighted by molar-refractivity contribution is 0.664. The minimum Gasteiger partial charge on any atom is -0.348 e. The van der Waals surface area contributed by atoms with Gasteiger partial charge in [-0.15, -0.1) is 0 Å². The van der Waals surface area contributed by atoms with Crippen LogP contribution in [0.5, 0.6) is 0 Å². The summed E-state index contributed by atoms with van der Waals surface area (Å²) in [6, 6.07) is 8.86. The lowest BCUT2D eigenvalue weighted by Crippen LogP contribution is -2.15. The molecular weight excluding hydrogens is 196 g/mol. The lowest BCUT2D eigenvalue weighted by Gasteiger charge is -2.05. The van der Waals surface area contributed by atoms with E-state index in [9.17, 15) is 0 Å². The third-order valence-electron chi connectivity index (χ3n) is 3.38. The van der Waals surface area contributed by atoms with E-state index in [-0.39, 0.29) is 6.04 Å². The topological polar surface area (TPSA) is 30.9 Å². The van der Waals surface area contributed by atoms with E-state index in [1.165, 1.54) is 22.2 Å². The fraction of sp³-hybridized carbons (Fsp3) is 0.429. The Bertz CT molecular complexity index is 495. The Hall–Kier alpha value is -1.28. The fourth-order valence-electron chi connectivity index (χ4n) is 2.29. The van der Waals surface area contributed by atoms with Crippen LogP contribution in [0.3, 0.4) is 0 Å². The van der Waals surface area contributed by atoms with Crippen molar-refractivity contribution in [1.29, 1.82) is 0 Å². The van der Waals surface area contributed by atoms with E-state index in [2.05, 4.69) is 49.7 Å². The summed E-state index contributed by atoms with van der Waals surface area (Å²) in [4.78, 5) is 0. The molecule has 1 heterocycles. The number of nitrogens with two attached hydrogens (primary N) is 1. The summed E-state index contributed by atoms with van der Waals surface area (Å²) < 4.78 is 2.27. The van der Waals surface area contributed by atoms with Gasteiger partial charge in [0.1, 0.15) is 0 Å². The maximum absolute atomic E-state index is 5.83. The minimum atomic E-state index is 0.276. The Balaban J connectivity index is 2.47. The molecule has 1 atom stereocenters. The molecule has 0 saturated heterocycles. The molecule has 86 valence electrons. The van der Waals surface area contributed by atoms with E-state index in [4.69, 9.17) is 5.73 Å². The first kappa shape index (κ1) is 11.2. The highest BCUT2D eigenvalue weighted by Crippen LogP contribution is 2.25. The third-order valence-corrected chi connectivity index (χ3v) is 3.38. The summed E-state index contributed by atoms with van der Waals surface area (Å²) in [6.07, 6.45) is 2.12. The molecule has 2 N–H and O–H groups in total. The number of nitrogens with zero attached hydrogens (tertiary/aromatic N) is 1. The van der Waals surface area contributed by atoms with Crippen molar-refractivity contribution < 1.29 is 0 Å². The van der Waals surface area contributed by atoms with Gasteiger partial charge >= 0.3 is 0 Å². The largest absolute Gasteiger partial charge is 0.348 e. The first-order valence-electron chi connectivity index (χ1n) is 5.89. The quantitative estimate of drug-likeness (QED) is 0.840. The number of hydrogen-bond donors (Lipinski definition) is 1. The first-order valence-corrected chi connectivity index (χ1v) is 5.89. The zero-order chi connectivity index (χ0) is 11.7. The normalized spacial score (nSPS) is 13.2. The fourth-order valence-corrected chi connectivity index (χ4v) is 2.29. The van der Waals surface area contributed by atoms with Crippen molar-refractivity contribution in [3.8, 4) is 0 Å². The summed E-state index contributed by atoms with van der Waals surface area (Å²) in [5.74, 6) is 0. The Morgan fingerprint density at radius 3 is 2.69 bits per heavy atom. The molecule has 2 rings (SSSR count). The highest BCUT2D eigenvalue weighted by molar-refractivity contribution is 5.85. The molecule has 2 heteroatoms. The monoisotopic (exact) mass is 216 g/mol.